The molecular formula is C12H18N4. The molecule has 0 aliphatic heterocycles. The fourth-order valence-electron chi connectivity index (χ4n) is 1.48. The van der Waals surface area contributed by atoms with Crippen molar-refractivity contribution in [2.45, 2.75) is 39.7 Å². The zero-order valence-corrected chi connectivity index (χ0v) is 10.3. The fourth-order valence-corrected chi connectivity index (χ4v) is 1.48. The van der Waals surface area contributed by atoms with Gasteiger partial charge in [-0.3, -0.25) is 0 Å². The van der Waals surface area contributed by atoms with E-state index in [1.807, 2.05) is 29.8 Å². The second-order valence-corrected chi connectivity index (χ2v) is 4.76. The highest BCUT2D eigenvalue weighted by Gasteiger charge is 2.17. The molecule has 0 aliphatic carbocycles. The molecule has 0 amide bonds. The van der Waals surface area contributed by atoms with Crippen molar-refractivity contribution in [3.05, 3.63) is 23.9 Å². The number of nitrogens with zero attached hydrogens (tertiary/aromatic N) is 3. The van der Waals surface area contributed by atoms with Gasteiger partial charge < -0.3 is 5.32 Å². The first kappa shape index (κ1) is 10.9. The third kappa shape index (κ3) is 2.01. The zero-order valence-electron chi connectivity index (χ0n) is 10.3. The fraction of sp³-hybridized carbons (Fsp3) is 0.500. The van der Waals surface area contributed by atoms with Crippen molar-refractivity contribution in [2.75, 3.05) is 5.32 Å². The van der Waals surface area contributed by atoms with Gasteiger partial charge in [-0.2, -0.15) is 4.98 Å². The molecule has 2 aromatic heterocycles. The Bertz CT molecular complexity index is 499. The van der Waals surface area contributed by atoms with Gasteiger partial charge in [0.2, 0.25) is 5.95 Å². The average Bonchev–Trinajstić information content (AvgIpc) is 2.61. The van der Waals surface area contributed by atoms with E-state index in [2.05, 4.69) is 36.2 Å². The lowest BCUT2D eigenvalue weighted by molar-refractivity contribution is 0.542. The van der Waals surface area contributed by atoms with E-state index in [0.717, 1.165) is 17.6 Å². The van der Waals surface area contributed by atoms with Crippen LogP contribution < -0.4 is 5.32 Å². The Morgan fingerprint density at radius 1 is 1.44 bits per heavy atom. The molecule has 0 saturated carbocycles. The van der Waals surface area contributed by atoms with Crippen molar-refractivity contribution >= 4 is 11.6 Å². The van der Waals surface area contributed by atoms with Crippen LogP contribution in [0.15, 0.2) is 18.3 Å². The van der Waals surface area contributed by atoms with Crippen LogP contribution in [-0.2, 0) is 0 Å². The molecule has 2 rings (SSSR count). The molecule has 0 bridgehead atoms. The topological polar surface area (TPSA) is 42.2 Å². The molecule has 2 heterocycles. The molecule has 0 atom stereocenters. The van der Waals surface area contributed by atoms with Crippen molar-refractivity contribution in [1.82, 2.24) is 14.6 Å². The lowest BCUT2D eigenvalue weighted by atomic mass is 10.0. The van der Waals surface area contributed by atoms with Gasteiger partial charge >= 0.3 is 0 Å². The Morgan fingerprint density at radius 2 is 2.19 bits per heavy atom. The first-order valence-corrected chi connectivity index (χ1v) is 5.62. The summed E-state index contributed by atoms with van der Waals surface area (Å²) in [6.07, 6.45) is 2.95. The maximum Gasteiger partial charge on any atom is 0.243 e. The van der Waals surface area contributed by atoms with Crippen molar-refractivity contribution in [3.8, 4) is 0 Å². The normalized spacial score (nSPS) is 12.0. The predicted octanol–water partition coefficient (Wildman–Crippen LogP) is 2.64. The molecule has 0 spiro atoms. The zero-order chi connectivity index (χ0) is 11.8. The van der Waals surface area contributed by atoms with Crippen LogP contribution in [0.25, 0.3) is 5.65 Å². The van der Waals surface area contributed by atoms with Crippen molar-refractivity contribution < 1.29 is 0 Å². The summed E-state index contributed by atoms with van der Waals surface area (Å²) in [5.74, 6) is 0.696. The molecular weight excluding hydrogens is 200 g/mol. The molecule has 0 unspecified atom stereocenters. The standard InChI is InChI=1S/C12H18N4/c1-5-12(3,4)14-11-13-10-9(2)7-6-8-16(10)15-11/h6-8H,5H2,1-4H3,(H,14,15). The SMILES string of the molecule is CCC(C)(C)Nc1nc2c(C)cccn2n1. The van der Waals surface area contributed by atoms with Crippen LogP contribution in [0.1, 0.15) is 32.8 Å². The maximum absolute atomic E-state index is 4.49. The highest BCUT2D eigenvalue weighted by atomic mass is 15.4. The van der Waals surface area contributed by atoms with Crippen LogP contribution in [0.3, 0.4) is 0 Å². The second-order valence-electron chi connectivity index (χ2n) is 4.76. The summed E-state index contributed by atoms with van der Waals surface area (Å²) in [7, 11) is 0. The van der Waals surface area contributed by atoms with E-state index >= 15 is 0 Å². The molecule has 16 heavy (non-hydrogen) atoms. The van der Waals surface area contributed by atoms with Gasteiger partial charge in [0.05, 0.1) is 0 Å². The molecule has 0 radical (unpaired) electrons. The predicted molar refractivity (Wildman–Crippen MR) is 65.7 cm³/mol. The number of nitrogens with one attached hydrogen (secondary N) is 1. The van der Waals surface area contributed by atoms with Gasteiger partial charge in [0.1, 0.15) is 0 Å². The molecule has 2 aromatic rings. The lowest BCUT2D eigenvalue weighted by Crippen LogP contribution is -2.30. The number of hydrogen-bond acceptors (Lipinski definition) is 3. The van der Waals surface area contributed by atoms with Gasteiger partial charge in [-0.05, 0) is 38.8 Å². The van der Waals surface area contributed by atoms with Gasteiger partial charge in [-0.25, -0.2) is 4.52 Å². The monoisotopic (exact) mass is 218 g/mol. The molecule has 0 saturated heterocycles. The van der Waals surface area contributed by atoms with Gasteiger partial charge in [0.25, 0.3) is 0 Å². The number of rotatable bonds is 3. The van der Waals surface area contributed by atoms with E-state index in [4.69, 9.17) is 0 Å². The van der Waals surface area contributed by atoms with Crippen LogP contribution >= 0.6 is 0 Å². The second kappa shape index (κ2) is 3.77. The Balaban J connectivity index is 2.37. The minimum Gasteiger partial charge on any atom is -0.348 e. The number of pyridine rings is 1. The highest BCUT2D eigenvalue weighted by molar-refractivity contribution is 5.50. The quantitative estimate of drug-likeness (QED) is 0.861. The molecule has 4 heteroatoms. The maximum atomic E-state index is 4.49. The molecule has 1 N–H and O–H groups in total. The largest absolute Gasteiger partial charge is 0.348 e. The van der Waals surface area contributed by atoms with Crippen LogP contribution in [0.5, 0.6) is 0 Å². The van der Waals surface area contributed by atoms with Crippen molar-refractivity contribution in [3.63, 3.8) is 0 Å². The third-order valence-electron chi connectivity index (χ3n) is 2.89. The van der Waals surface area contributed by atoms with E-state index in [1.165, 1.54) is 0 Å². The Morgan fingerprint density at radius 3 is 2.81 bits per heavy atom. The van der Waals surface area contributed by atoms with Crippen molar-refractivity contribution in [1.29, 1.82) is 0 Å². The summed E-state index contributed by atoms with van der Waals surface area (Å²) in [5, 5.41) is 7.74. The minimum atomic E-state index is 0.0266. The molecule has 0 aliphatic rings. The van der Waals surface area contributed by atoms with Gasteiger partial charge in [0, 0.05) is 11.7 Å². The molecule has 4 nitrogen and oxygen atoms in total. The van der Waals surface area contributed by atoms with Crippen LogP contribution in [0.2, 0.25) is 0 Å². The minimum absolute atomic E-state index is 0.0266. The summed E-state index contributed by atoms with van der Waals surface area (Å²) in [6.45, 7) is 8.48. The van der Waals surface area contributed by atoms with E-state index in [0.29, 0.717) is 5.95 Å². The number of aryl methyl sites for hydroxylation is 1. The van der Waals surface area contributed by atoms with Gasteiger partial charge in [-0.1, -0.05) is 13.0 Å². The van der Waals surface area contributed by atoms with E-state index in [1.54, 1.807) is 0 Å². The molecule has 0 fully saturated rings. The van der Waals surface area contributed by atoms with Crippen LogP contribution in [-0.4, -0.2) is 20.1 Å². The first-order valence-electron chi connectivity index (χ1n) is 5.62. The summed E-state index contributed by atoms with van der Waals surface area (Å²) in [5.41, 5.74) is 2.08. The summed E-state index contributed by atoms with van der Waals surface area (Å²) in [4.78, 5) is 4.49. The van der Waals surface area contributed by atoms with Crippen LogP contribution in [0.4, 0.5) is 5.95 Å². The smallest absolute Gasteiger partial charge is 0.243 e. The third-order valence-corrected chi connectivity index (χ3v) is 2.89. The Kier molecular flexibility index (Phi) is 2.58. The lowest BCUT2D eigenvalue weighted by Gasteiger charge is -2.23. The number of anilines is 1. The van der Waals surface area contributed by atoms with Gasteiger partial charge in [0.15, 0.2) is 5.65 Å². The first-order chi connectivity index (χ1) is 7.52. The summed E-state index contributed by atoms with van der Waals surface area (Å²) in [6, 6.07) is 4.02. The Hall–Kier alpha value is -1.58. The number of hydrogen-bond donors (Lipinski definition) is 1. The van der Waals surface area contributed by atoms with Crippen molar-refractivity contribution in [2.24, 2.45) is 0 Å². The Labute approximate surface area is 95.7 Å². The summed E-state index contributed by atoms with van der Waals surface area (Å²) < 4.78 is 1.81. The van der Waals surface area contributed by atoms with E-state index in [-0.39, 0.29) is 5.54 Å². The summed E-state index contributed by atoms with van der Waals surface area (Å²) >= 11 is 0. The number of aromatic nitrogens is 3. The van der Waals surface area contributed by atoms with Gasteiger partial charge in [-0.15, -0.1) is 5.10 Å². The van der Waals surface area contributed by atoms with Crippen LogP contribution in [0, 0.1) is 6.92 Å². The van der Waals surface area contributed by atoms with E-state index in [9.17, 15) is 0 Å². The average molecular weight is 218 g/mol. The van der Waals surface area contributed by atoms with E-state index < -0.39 is 0 Å². The molecule has 0 aromatic carbocycles. The highest BCUT2D eigenvalue weighted by Crippen LogP contribution is 2.16. The molecule has 86 valence electrons. The number of fused-ring (bicyclic) bond motifs is 1.